The van der Waals surface area contributed by atoms with Gasteiger partial charge in [-0.05, 0) is 61.1 Å². The van der Waals surface area contributed by atoms with Crippen molar-refractivity contribution in [2.24, 2.45) is 5.92 Å². The number of anilines is 2. The first-order valence-corrected chi connectivity index (χ1v) is 13.1. The highest BCUT2D eigenvalue weighted by atomic mass is 32.2. The zero-order chi connectivity index (χ0) is 25.2. The van der Waals surface area contributed by atoms with Gasteiger partial charge in [0.2, 0.25) is 5.91 Å². The van der Waals surface area contributed by atoms with Gasteiger partial charge in [-0.2, -0.15) is 0 Å². The van der Waals surface area contributed by atoms with Crippen molar-refractivity contribution in [1.29, 1.82) is 0 Å². The largest absolute Gasteiger partial charge is 0.760 e. The molecule has 5 rings (SSSR count). The van der Waals surface area contributed by atoms with Gasteiger partial charge >= 0.3 is 0 Å². The standard InChI is InChI=1S/C27H29N3O5S/c1-35-20-9-7-18(8-10-20)13-15-30-24-12-11-23(21-5-2-6-22(26(21)24)27(30)32)28-25(31)16-19-4-3-14-29(17-19)36(33)34/h2,5-12,19H,3-4,13-17H2,1H3,(H,28,31)(H,33,34)/p-1. The molecule has 8 nitrogen and oxygen atoms in total. The minimum atomic E-state index is -2.26. The summed E-state index contributed by atoms with van der Waals surface area (Å²) in [4.78, 5) is 27.9. The molecule has 1 N–H and O–H groups in total. The third kappa shape index (κ3) is 4.86. The van der Waals surface area contributed by atoms with Crippen molar-refractivity contribution in [2.45, 2.75) is 25.7 Å². The van der Waals surface area contributed by atoms with Crippen LogP contribution in [0.3, 0.4) is 0 Å². The molecule has 2 atom stereocenters. The topological polar surface area (TPSA) is 102 Å². The van der Waals surface area contributed by atoms with Gasteiger partial charge in [0.15, 0.2) is 0 Å². The molecule has 3 aromatic carbocycles. The Balaban J connectivity index is 1.32. The minimum Gasteiger partial charge on any atom is -0.760 e. The highest BCUT2D eigenvalue weighted by molar-refractivity contribution is 7.76. The number of methoxy groups -OCH3 is 1. The van der Waals surface area contributed by atoms with E-state index in [1.54, 1.807) is 12.0 Å². The van der Waals surface area contributed by atoms with Crippen LogP contribution in [0.2, 0.25) is 0 Å². The molecule has 2 aliphatic rings. The van der Waals surface area contributed by atoms with Gasteiger partial charge in [-0.15, -0.1) is 0 Å². The Morgan fingerprint density at radius 1 is 1.17 bits per heavy atom. The number of piperidine rings is 1. The average Bonchev–Trinajstić information content (AvgIpc) is 3.16. The molecule has 1 saturated heterocycles. The van der Waals surface area contributed by atoms with Gasteiger partial charge in [0.1, 0.15) is 5.75 Å². The van der Waals surface area contributed by atoms with Crippen molar-refractivity contribution < 1.29 is 23.1 Å². The van der Waals surface area contributed by atoms with Crippen molar-refractivity contribution in [2.75, 3.05) is 37.0 Å². The zero-order valence-corrected chi connectivity index (χ0v) is 20.9. The van der Waals surface area contributed by atoms with Crippen molar-refractivity contribution >= 4 is 45.2 Å². The lowest BCUT2D eigenvalue weighted by atomic mass is 9.95. The van der Waals surface area contributed by atoms with Gasteiger partial charge in [-0.1, -0.05) is 24.3 Å². The SMILES string of the molecule is COc1ccc(CCN2C(=O)c3cccc4c(NC(=O)CC5CCCN(S(=O)[O-])C5)ccc2c34)cc1. The second-order valence-electron chi connectivity index (χ2n) is 9.28. The Morgan fingerprint density at radius 2 is 1.97 bits per heavy atom. The first-order chi connectivity index (χ1) is 17.4. The first-order valence-electron chi connectivity index (χ1n) is 12.1. The average molecular weight is 507 g/mol. The number of ether oxygens (including phenoxy) is 1. The van der Waals surface area contributed by atoms with E-state index in [9.17, 15) is 18.4 Å². The summed E-state index contributed by atoms with van der Waals surface area (Å²) in [5.41, 5.74) is 3.25. The van der Waals surface area contributed by atoms with E-state index < -0.39 is 11.3 Å². The van der Waals surface area contributed by atoms with Gasteiger partial charge in [-0.25, -0.2) is 4.31 Å². The molecule has 2 amide bonds. The molecule has 188 valence electrons. The summed E-state index contributed by atoms with van der Waals surface area (Å²) in [5, 5.41) is 4.68. The Bertz CT molecular complexity index is 1330. The van der Waals surface area contributed by atoms with Crippen LogP contribution in [0.5, 0.6) is 5.75 Å². The quantitative estimate of drug-likeness (QED) is 0.467. The van der Waals surface area contributed by atoms with Crippen LogP contribution in [-0.4, -0.2) is 51.6 Å². The number of carbonyl (C=O) groups excluding carboxylic acids is 2. The van der Waals surface area contributed by atoms with Crippen LogP contribution in [0, 0.1) is 5.92 Å². The highest BCUT2D eigenvalue weighted by Gasteiger charge is 2.30. The van der Waals surface area contributed by atoms with Crippen molar-refractivity contribution in [3.8, 4) is 5.75 Å². The summed E-state index contributed by atoms with van der Waals surface area (Å²) in [6.45, 7) is 1.41. The number of amides is 2. The summed E-state index contributed by atoms with van der Waals surface area (Å²) in [6, 6.07) is 17.1. The molecule has 2 unspecified atom stereocenters. The van der Waals surface area contributed by atoms with Crippen molar-refractivity contribution in [3.05, 3.63) is 65.7 Å². The maximum absolute atomic E-state index is 13.2. The van der Waals surface area contributed by atoms with Crippen LogP contribution >= 0.6 is 0 Å². The third-order valence-corrected chi connectivity index (χ3v) is 7.76. The molecule has 0 spiro atoms. The van der Waals surface area contributed by atoms with Crippen LogP contribution < -0.4 is 15.0 Å². The number of hydrogen-bond acceptors (Lipinski definition) is 5. The monoisotopic (exact) mass is 506 g/mol. The molecule has 0 saturated carbocycles. The van der Waals surface area contributed by atoms with Gasteiger partial charge < -0.3 is 19.5 Å². The van der Waals surface area contributed by atoms with Gasteiger partial charge in [0.05, 0.1) is 12.8 Å². The van der Waals surface area contributed by atoms with Crippen LogP contribution in [0.1, 0.15) is 35.2 Å². The lowest BCUT2D eigenvalue weighted by molar-refractivity contribution is -0.117. The Morgan fingerprint density at radius 3 is 2.72 bits per heavy atom. The normalized spacial score (nSPS) is 18.4. The van der Waals surface area contributed by atoms with E-state index in [2.05, 4.69) is 5.32 Å². The Kier molecular flexibility index (Phi) is 7.04. The summed E-state index contributed by atoms with van der Waals surface area (Å²) in [5.74, 6) is 0.591. The summed E-state index contributed by atoms with van der Waals surface area (Å²) < 4.78 is 29.2. The second-order valence-corrected chi connectivity index (χ2v) is 10.2. The smallest absolute Gasteiger partial charge is 0.259 e. The molecule has 9 heteroatoms. The lowest BCUT2D eigenvalue weighted by Gasteiger charge is -2.33. The molecule has 0 bridgehead atoms. The fraction of sp³-hybridized carbons (Fsp3) is 0.333. The van der Waals surface area contributed by atoms with Crippen molar-refractivity contribution in [3.63, 3.8) is 0 Å². The molecule has 0 aromatic heterocycles. The van der Waals surface area contributed by atoms with Crippen LogP contribution in [0.25, 0.3) is 10.8 Å². The maximum atomic E-state index is 13.2. The van der Waals surface area contributed by atoms with E-state index in [0.717, 1.165) is 40.6 Å². The number of carbonyl (C=O) groups is 2. The Hall–Kier alpha value is -3.27. The lowest BCUT2D eigenvalue weighted by Crippen LogP contribution is -2.37. The second kappa shape index (κ2) is 10.4. The van der Waals surface area contributed by atoms with Gasteiger partial charge in [0, 0.05) is 59.3 Å². The van der Waals surface area contributed by atoms with Crippen LogP contribution in [-0.2, 0) is 22.5 Å². The molecular weight excluding hydrogens is 478 g/mol. The van der Waals surface area contributed by atoms with E-state index >= 15 is 0 Å². The molecule has 3 aromatic rings. The molecule has 2 heterocycles. The fourth-order valence-electron chi connectivity index (χ4n) is 5.20. The predicted octanol–water partition coefficient (Wildman–Crippen LogP) is 3.89. The molecular formula is C27H28N3O5S-. The summed E-state index contributed by atoms with van der Waals surface area (Å²) in [7, 11) is 1.63. The fourth-order valence-corrected chi connectivity index (χ4v) is 5.81. The van der Waals surface area contributed by atoms with E-state index in [-0.39, 0.29) is 24.2 Å². The summed E-state index contributed by atoms with van der Waals surface area (Å²) in [6.07, 6.45) is 2.53. The number of nitrogens with zero attached hydrogens (tertiary/aromatic N) is 2. The van der Waals surface area contributed by atoms with Gasteiger partial charge in [-0.3, -0.25) is 13.8 Å². The minimum absolute atomic E-state index is 0.0107. The zero-order valence-electron chi connectivity index (χ0n) is 20.1. The van der Waals surface area contributed by atoms with E-state index in [1.807, 2.05) is 54.6 Å². The Labute approximate surface area is 212 Å². The number of rotatable bonds is 8. The van der Waals surface area contributed by atoms with Crippen LogP contribution in [0.4, 0.5) is 11.4 Å². The summed E-state index contributed by atoms with van der Waals surface area (Å²) >= 11 is -2.26. The number of nitrogens with one attached hydrogen (secondary N) is 1. The predicted molar refractivity (Wildman–Crippen MR) is 139 cm³/mol. The van der Waals surface area contributed by atoms with E-state index in [1.165, 1.54) is 4.31 Å². The molecule has 2 aliphatic heterocycles. The van der Waals surface area contributed by atoms with Gasteiger partial charge in [0.25, 0.3) is 5.91 Å². The first kappa shape index (κ1) is 24.4. The van der Waals surface area contributed by atoms with Crippen LogP contribution in [0.15, 0.2) is 54.6 Å². The molecule has 36 heavy (non-hydrogen) atoms. The molecule has 0 aliphatic carbocycles. The van der Waals surface area contributed by atoms with E-state index in [0.29, 0.717) is 37.3 Å². The van der Waals surface area contributed by atoms with Crippen molar-refractivity contribution in [1.82, 2.24) is 4.31 Å². The third-order valence-electron chi connectivity index (χ3n) is 7.01. The maximum Gasteiger partial charge on any atom is 0.259 e. The number of benzene rings is 3. The molecule has 0 radical (unpaired) electrons. The molecule has 1 fully saturated rings. The van der Waals surface area contributed by atoms with E-state index in [4.69, 9.17) is 4.74 Å². The highest BCUT2D eigenvalue weighted by Crippen LogP contribution is 2.40. The number of hydrogen-bond donors (Lipinski definition) is 1.